The first kappa shape index (κ1) is 42.5. The van der Waals surface area contributed by atoms with Gasteiger partial charge in [0.05, 0.1) is 11.1 Å². The molecule has 0 bridgehead atoms. The minimum atomic E-state index is -0.407. The Bertz CT molecular complexity index is 2040. The van der Waals surface area contributed by atoms with Gasteiger partial charge in [0, 0.05) is 56.3 Å². The second-order valence-corrected chi connectivity index (χ2v) is 15.9. The fourth-order valence-electron chi connectivity index (χ4n) is 8.83. The number of nitrogens with zero attached hydrogens (tertiary/aromatic N) is 3. The van der Waals surface area contributed by atoms with E-state index in [2.05, 4.69) is 27.8 Å². The van der Waals surface area contributed by atoms with Gasteiger partial charge in [-0.2, -0.15) is 0 Å². The minimum absolute atomic E-state index is 0.0436. The average molecular weight is 814 g/mol. The predicted molar refractivity (Wildman–Crippen MR) is 236 cm³/mol. The van der Waals surface area contributed by atoms with Gasteiger partial charge in [0.1, 0.15) is 39.9 Å². The molecule has 8 rings (SSSR count). The topological polar surface area (TPSA) is 136 Å². The van der Waals surface area contributed by atoms with Crippen LogP contribution in [0, 0.1) is 0 Å². The summed E-state index contributed by atoms with van der Waals surface area (Å²) in [7, 11) is 0. The van der Waals surface area contributed by atoms with Crippen molar-refractivity contribution in [2.45, 2.75) is 77.4 Å². The highest BCUT2D eigenvalue weighted by molar-refractivity contribution is 5.96. The third-order valence-corrected chi connectivity index (χ3v) is 12.2. The van der Waals surface area contributed by atoms with E-state index in [9.17, 15) is 19.8 Å². The highest BCUT2D eigenvalue weighted by Crippen LogP contribution is 2.48. The molecule has 316 valence electrons. The van der Waals surface area contributed by atoms with E-state index < -0.39 is 5.60 Å². The Morgan fingerprint density at radius 3 is 1.58 bits per heavy atom. The molecule has 2 spiro atoms. The smallest absolute Gasteiger partial charge is 0.272 e. The fourth-order valence-corrected chi connectivity index (χ4v) is 8.83. The zero-order chi connectivity index (χ0) is 42.3. The maximum Gasteiger partial charge on any atom is 0.272 e. The maximum atomic E-state index is 12.7. The molecule has 4 aliphatic heterocycles. The molecule has 1 aromatic heterocycles. The van der Waals surface area contributed by atoms with Crippen molar-refractivity contribution < 1.29 is 29.3 Å². The second-order valence-electron chi connectivity index (χ2n) is 15.9. The number of aromatic hydroxyl groups is 2. The number of carbonyl (C=O) groups is 2. The summed E-state index contributed by atoms with van der Waals surface area (Å²) >= 11 is 0. The molecule has 2 atom stereocenters. The first-order valence-electron chi connectivity index (χ1n) is 21.7. The lowest BCUT2D eigenvalue weighted by atomic mass is 9.84. The molecular formula is C49H59N5O6. The van der Waals surface area contributed by atoms with E-state index in [0.29, 0.717) is 48.7 Å². The van der Waals surface area contributed by atoms with Gasteiger partial charge in [-0.05, 0) is 151 Å². The predicted octanol–water partition coefficient (Wildman–Crippen LogP) is 7.82. The Hall–Kier alpha value is -5.65. The van der Waals surface area contributed by atoms with Gasteiger partial charge in [-0.15, -0.1) is 0 Å². The Kier molecular flexibility index (Phi) is 13.3. The van der Waals surface area contributed by atoms with Gasteiger partial charge in [0.25, 0.3) is 11.8 Å². The van der Waals surface area contributed by atoms with Gasteiger partial charge in [-0.25, -0.2) is 0 Å². The summed E-state index contributed by atoms with van der Waals surface area (Å²) in [5, 5.41) is 28.1. The van der Waals surface area contributed by atoms with Crippen molar-refractivity contribution in [3.05, 3.63) is 125 Å². The number of rotatable bonds is 8. The van der Waals surface area contributed by atoms with Gasteiger partial charge in [-0.3, -0.25) is 14.6 Å². The Labute approximate surface area is 354 Å². The number of benzene rings is 3. The number of phenols is 2. The van der Waals surface area contributed by atoms with E-state index in [1.165, 1.54) is 0 Å². The third kappa shape index (κ3) is 8.93. The van der Waals surface area contributed by atoms with E-state index >= 15 is 0 Å². The van der Waals surface area contributed by atoms with Crippen molar-refractivity contribution in [3.63, 3.8) is 0 Å². The van der Waals surface area contributed by atoms with Gasteiger partial charge in [0.2, 0.25) is 0 Å². The normalized spacial score (nSPS) is 20.7. The van der Waals surface area contributed by atoms with Crippen LogP contribution in [0.4, 0.5) is 0 Å². The SMILES string of the molecule is CCN(CC)C(=O)c1ccc(C2=CC3(CCCNCC3)Oc3cccc(O)c32)cc1.CCN(CC)C(=O)c1ccc(C2=CC3(CCCNCC3)Oc3cccc(O)c32)cn1. The van der Waals surface area contributed by atoms with Crippen LogP contribution in [0.3, 0.4) is 0 Å². The van der Waals surface area contributed by atoms with E-state index in [0.717, 1.165) is 98.3 Å². The molecule has 60 heavy (non-hydrogen) atoms. The molecule has 2 unspecified atom stereocenters. The molecule has 0 saturated carbocycles. The molecule has 2 fully saturated rings. The first-order chi connectivity index (χ1) is 29.1. The molecule has 4 aliphatic rings. The van der Waals surface area contributed by atoms with E-state index in [4.69, 9.17) is 9.47 Å². The van der Waals surface area contributed by atoms with Gasteiger partial charge in [0.15, 0.2) is 0 Å². The number of aromatic nitrogens is 1. The number of ether oxygens (including phenoxy) is 2. The van der Waals surface area contributed by atoms with Crippen LogP contribution in [-0.4, -0.2) is 100 Å². The van der Waals surface area contributed by atoms with Crippen LogP contribution in [0.1, 0.15) is 109 Å². The highest BCUT2D eigenvalue weighted by atomic mass is 16.5. The van der Waals surface area contributed by atoms with Gasteiger partial charge >= 0.3 is 0 Å². The molecule has 5 heterocycles. The lowest BCUT2D eigenvalue weighted by molar-refractivity contribution is 0.0761. The van der Waals surface area contributed by atoms with E-state index in [1.54, 1.807) is 29.3 Å². The summed E-state index contributed by atoms with van der Waals surface area (Å²) in [6.45, 7) is 14.3. The van der Waals surface area contributed by atoms with Crippen LogP contribution >= 0.6 is 0 Å². The molecule has 2 amide bonds. The van der Waals surface area contributed by atoms with E-state index in [1.807, 2.05) is 87.2 Å². The number of hydrogen-bond acceptors (Lipinski definition) is 9. The Balaban J connectivity index is 0.000000181. The van der Waals surface area contributed by atoms with Crippen LogP contribution in [0.25, 0.3) is 11.1 Å². The van der Waals surface area contributed by atoms with Crippen LogP contribution in [0.15, 0.2) is 91.1 Å². The number of nitrogens with one attached hydrogen (secondary N) is 2. The summed E-state index contributed by atoms with van der Waals surface area (Å²) in [5.41, 5.74) is 5.46. The second kappa shape index (κ2) is 18.7. The lowest BCUT2D eigenvalue weighted by Gasteiger charge is -2.36. The monoisotopic (exact) mass is 813 g/mol. The third-order valence-electron chi connectivity index (χ3n) is 12.2. The lowest BCUT2D eigenvalue weighted by Crippen LogP contribution is -2.37. The highest BCUT2D eigenvalue weighted by Gasteiger charge is 2.39. The fraction of sp³-hybridized carbons (Fsp3) is 0.408. The van der Waals surface area contributed by atoms with Crippen molar-refractivity contribution in [1.29, 1.82) is 0 Å². The standard InChI is InChI=1S/C25H30N2O3.C24H29N3O3/c1-3-27(4-2)24(29)19-11-9-18(10-12-19)20-17-25(13-6-15-26-16-14-25)30-22-8-5-7-21(28)23(20)22;1-3-27(4-2)23(29)19-10-9-17(16-26-19)18-15-24(11-6-13-25-14-12-24)30-21-8-5-7-20(28)22(18)21/h5,7-12,17,26,28H,3-4,6,13-16H2,1-2H3;5,7-10,15-16,25,28H,3-4,6,11-14H2,1-2H3. The Morgan fingerprint density at radius 1 is 0.617 bits per heavy atom. The summed E-state index contributed by atoms with van der Waals surface area (Å²) < 4.78 is 12.9. The van der Waals surface area contributed by atoms with Crippen LogP contribution < -0.4 is 20.1 Å². The van der Waals surface area contributed by atoms with Crippen LogP contribution in [0.5, 0.6) is 23.0 Å². The number of pyridine rings is 1. The number of amides is 2. The van der Waals surface area contributed by atoms with Crippen molar-refractivity contribution >= 4 is 23.0 Å². The van der Waals surface area contributed by atoms with Crippen molar-refractivity contribution in [3.8, 4) is 23.0 Å². The van der Waals surface area contributed by atoms with Crippen LogP contribution in [-0.2, 0) is 0 Å². The summed E-state index contributed by atoms with van der Waals surface area (Å²) in [5.74, 6) is 1.78. The molecule has 4 aromatic rings. The van der Waals surface area contributed by atoms with E-state index in [-0.39, 0.29) is 28.9 Å². The van der Waals surface area contributed by atoms with Crippen molar-refractivity contribution in [1.82, 2.24) is 25.4 Å². The summed E-state index contributed by atoms with van der Waals surface area (Å²) in [6.07, 6.45) is 11.7. The van der Waals surface area contributed by atoms with Crippen LogP contribution in [0.2, 0.25) is 0 Å². The molecular weight excluding hydrogens is 755 g/mol. The first-order valence-corrected chi connectivity index (χ1v) is 21.7. The zero-order valence-electron chi connectivity index (χ0n) is 35.4. The molecule has 3 aromatic carbocycles. The molecule has 0 aliphatic carbocycles. The number of hydrogen-bond donors (Lipinski definition) is 4. The molecule has 4 N–H and O–H groups in total. The number of carbonyl (C=O) groups excluding carboxylic acids is 2. The van der Waals surface area contributed by atoms with Gasteiger partial charge in [-0.1, -0.05) is 30.3 Å². The largest absolute Gasteiger partial charge is 0.507 e. The quantitative estimate of drug-likeness (QED) is 0.141. The maximum absolute atomic E-state index is 12.7. The molecule has 2 saturated heterocycles. The number of phenolic OH excluding ortho intramolecular Hbond substituents is 2. The zero-order valence-corrected chi connectivity index (χ0v) is 35.4. The molecule has 0 radical (unpaired) electrons. The minimum Gasteiger partial charge on any atom is -0.507 e. The molecule has 11 nitrogen and oxygen atoms in total. The Morgan fingerprint density at radius 2 is 1.10 bits per heavy atom. The van der Waals surface area contributed by atoms with Crippen molar-refractivity contribution in [2.75, 3.05) is 52.4 Å². The van der Waals surface area contributed by atoms with Gasteiger partial charge < -0.3 is 40.1 Å². The average Bonchev–Trinajstić information content (AvgIpc) is 3.64. The summed E-state index contributed by atoms with van der Waals surface area (Å²) in [6, 6.07) is 22.3. The van der Waals surface area contributed by atoms with Crippen molar-refractivity contribution in [2.24, 2.45) is 0 Å². The molecule has 11 heteroatoms. The number of fused-ring (bicyclic) bond motifs is 2. The summed E-state index contributed by atoms with van der Waals surface area (Å²) in [4.78, 5) is 33.3.